The van der Waals surface area contributed by atoms with Crippen molar-refractivity contribution in [1.29, 1.82) is 0 Å². The van der Waals surface area contributed by atoms with Crippen LogP contribution in [0.25, 0.3) is 0 Å². The Bertz CT molecular complexity index is 995. The topological polar surface area (TPSA) is 86.8 Å². The second kappa shape index (κ2) is 9.23. The molecule has 3 rings (SSSR count). The van der Waals surface area contributed by atoms with E-state index in [1.54, 1.807) is 11.3 Å². The van der Waals surface area contributed by atoms with Crippen molar-refractivity contribution in [3.63, 3.8) is 0 Å². The number of rotatable bonds is 8. The highest BCUT2D eigenvalue weighted by Crippen LogP contribution is 2.23. The van der Waals surface area contributed by atoms with Gasteiger partial charge in [0.15, 0.2) is 0 Å². The summed E-state index contributed by atoms with van der Waals surface area (Å²) in [6.45, 7) is 1.25. The van der Waals surface area contributed by atoms with E-state index >= 15 is 0 Å². The van der Waals surface area contributed by atoms with Crippen LogP contribution in [-0.2, 0) is 20.0 Å². The van der Waals surface area contributed by atoms with Crippen LogP contribution in [0.3, 0.4) is 0 Å². The molecular weight excluding hydrogens is 430 g/mol. The number of benzene rings is 1. The van der Waals surface area contributed by atoms with Gasteiger partial charge in [-0.2, -0.15) is 15.6 Å². The molecule has 1 aliphatic rings. The molecule has 160 valence electrons. The third-order valence-corrected chi connectivity index (χ3v) is 9.16. The lowest BCUT2D eigenvalue weighted by atomic mass is 10.1. The first kappa shape index (κ1) is 22.4. The predicted octanol–water partition coefficient (Wildman–Crippen LogP) is 2.50. The zero-order valence-corrected chi connectivity index (χ0v) is 19.1. The smallest absolute Gasteiger partial charge is 0.243 e. The lowest BCUT2D eigenvalue weighted by Crippen LogP contribution is -2.35. The van der Waals surface area contributed by atoms with Gasteiger partial charge in [-0.25, -0.2) is 21.6 Å². The van der Waals surface area contributed by atoms with Crippen LogP contribution >= 0.6 is 11.3 Å². The van der Waals surface area contributed by atoms with E-state index in [4.69, 9.17) is 0 Å². The quantitative estimate of drug-likeness (QED) is 0.658. The van der Waals surface area contributed by atoms with Gasteiger partial charge < -0.3 is 4.90 Å². The molecule has 10 heteroatoms. The summed E-state index contributed by atoms with van der Waals surface area (Å²) < 4.78 is 55.0. The summed E-state index contributed by atoms with van der Waals surface area (Å²) in [6, 6.07) is 7.35. The number of sulfonamides is 2. The molecule has 0 spiro atoms. The Morgan fingerprint density at radius 2 is 1.62 bits per heavy atom. The molecule has 0 amide bonds. The van der Waals surface area contributed by atoms with Gasteiger partial charge in [0.2, 0.25) is 20.0 Å². The van der Waals surface area contributed by atoms with Crippen molar-refractivity contribution in [3.05, 3.63) is 46.7 Å². The van der Waals surface area contributed by atoms with Gasteiger partial charge in [0.05, 0.1) is 9.79 Å². The highest BCUT2D eigenvalue weighted by atomic mass is 32.2. The number of nitrogens with one attached hydrogen (secondary N) is 1. The normalized spacial score (nSPS) is 17.5. The minimum absolute atomic E-state index is 0.0536. The second-order valence-electron chi connectivity index (χ2n) is 7.32. The molecule has 1 aliphatic heterocycles. The molecule has 1 unspecified atom stereocenters. The number of hydrogen-bond donors (Lipinski definition) is 1. The molecule has 1 fully saturated rings. The summed E-state index contributed by atoms with van der Waals surface area (Å²) in [4.78, 5) is 2.14. The standard InChI is InChI=1S/C19H27N3O4S3/c1-21(2)19(16-10-13-27-15-16)14-20-28(23,24)17-6-8-18(9-7-17)29(25,26)22-11-4-3-5-12-22/h6-10,13,15,19-20H,3-5,11-12,14H2,1-2H3. The van der Waals surface area contributed by atoms with Crippen LogP contribution in [0.5, 0.6) is 0 Å². The molecule has 0 saturated carbocycles. The van der Waals surface area contributed by atoms with E-state index in [2.05, 4.69) is 4.72 Å². The van der Waals surface area contributed by atoms with E-state index in [1.807, 2.05) is 35.8 Å². The maximum Gasteiger partial charge on any atom is 0.243 e. The van der Waals surface area contributed by atoms with E-state index in [0.717, 1.165) is 24.8 Å². The number of likely N-dealkylation sites (N-methyl/N-ethyl adjacent to an activating group) is 1. The lowest BCUT2D eigenvalue weighted by molar-refractivity contribution is 0.300. The lowest BCUT2D eigenvalue weighted by Gasteiger charge is -2.26. The van der Waals surface area contributed by atoms with Gasteiger partial charge in [0.1, 0.15) is 0 Å². The minimum Gasteiger partial charge on any atom is -0.301 e. The fourth-order valence-electron chi connectivity index (χ4n) is 3.38. The van der Waals surface area contributed by atoms with Crippen LogP contribution in [0.4, 0.5) is 0 Å². The summed E-state index contributed by atoms with van der Waals surface area (Å²) >= 11 is 1.57. The molecule has 1 N–H and O–H groups in total. The van der Waals surface area contributed by atoms with E-state index in [0.29, 0.717) is 13.1 Å². The van der Waals surface area contributed by atoms with Crippen LogP contribution in [-0.4, -0.2) is 59.8 Å². The van der Waals surface area contributed by atoms with Gasteiger partial charge in [-0.15, -0.1) is 0 Å². The van der Waals surface area contributed by atoms with Crippen molar-refractivity contribution < 1.29 is 16.8 Å². The van der Waals surface area contributed by atoms with Gasteiger partial charge in [0, 0.05) is 25.7 Å². The highest BCUT2D eigenvalue weighted by Gasteiger charge is 2.26. The summed E-state index contributed by atoms with van der Waals surface area (Å²) in [5, 5.41) is 3.96. The van der Waals surface area contributed by atoms with Gasteiger partial charge in [-0.1, -0.05) is 6.42 Å². The van der Waals surface area contributed by atoms with Gasteiger partial charge in [-0.3, -0.25) is 0 Å². The predicted molar refractivity (Wildman–Crippen MR) is 115 cm³/mol. The van der Waals surface area contributed by atoms with Crippen molar-refractivity contribution in [2.45, 2.75) is 35.1 Å². The molecule has 1 atom stereocenters. The van der Waals surface area contributed by atoms with Crippen molar-refractivity contribution in [1.82, 2.24) is 13.9 Å². The van der Waals surface area contributed by atoms with Crippen LogP contribution in [0.2, 0.25) is 0 Å². The van der Waals surface area contributed by atoms with Crippen LogP contribution in [0.15, 0.2) is 50.9 Å². The van der Waals surface area contributed by atoms with Crippen molar-refractivity contribution in [2.75, 3.05) is 33.7 Å². The molecule has 2 heterocycles. The van der Waals surface area contributed by atoms with Gasteiger partial charge in [0.25, 0.3) is 0 Å². The van der Waals surface area contributed by atoms with E-state index in [9.17, 15) is 16.8 Å². The molecule has 1 saturated heterocycles. The number of thiophene rings is 1. The fraction of sp³-hybridized carbons (Fsp3) is 0.474. The van der Waals surface area contributed by atoms with Crippen LogP contribution in [0, 0.1) is 0 Å². The fourth-order valence-corrected chi connectivity index (χ4v) is 6.64. The molecule has 0 aliphatic carbocycles. The first-order valence-corrected chi connectivity index (χ1v) is 13.4. The monoisotopic (exact) mass is 457 g/mol. The van der Waals surface area contributed by atoms with E-state index in [1.165, 1.54) is 28.6 Å². The third kappa shape index (κ3) is 5.25. The van der Waals surface area contributed by atoms with Gasteiger partial charge >= 0.3 is 0 Å². The molecule has 1 aromatic heterocycles. The summed E-state index contributed by atoms with van der Waals surface area (Å²) in [5.41, 5.74) is 1.05. The number of piperidine rings is 1. The first-order valence-electron chi connectivity index (χ1n) is 9.50. The average Bonchev–Trinajstić information content (AvgIpc) is 3.23. The summed E-state index contributed by atoms with van der Waals surface area (Å²) in [6.07, 6.45) is 2.74. The maximum absolute atomic E-state index is 12.7. The average molecular weight is 458 g/mol. The molecule has 0 radical (unpaired) electrons. The molecule has 7 nitrogen and oxygen atoms in total. The molecule has 1 aromatic carbocycles. The van der Waals surface area contributed by atoms with Crippen LogP contribution in [0.1, 0.15) is 30.9 Å². The minimum atomic E-state index is -3.75. The first-order chi connectivity index (χ1) is 13.7. The summed E-state index contributed by atoms with van der Waals surface area (Å²) in [5.74, 6) is 0. The Hall–Kier alpha value is -1.30. The second-order valence-corrected chi connectivity index (χ2v) is 11.8. The number of nitrogens with zero attached hydrogens (tertiary/aromatic N) is 2. The highest BCUT2D eigenvalue weighted by molar-refractivity contribution is 7.89. The Kier molecular flexibility index (Phi) is 7.13. The van der Waals surface area contributed by atoms with Gasteiger partial charge in [-0.05, 0) is 73.6 Å². The summed E-state index contributed by atoms with van der Waals surface area (Å²) in [7, 11) is -3.53. The van der Waals surface area contributed by atoms with Crippen LogP contribution < -0.4 is 4.72 Å². The Morgan fingerprint density at radius 1 is 1.00 bits per heavy atom. The molecule has 29 heavy (non-hydrogen) atoms. The third-order valence-electron chi connectivity index (χ3n) is 5.10. The molecule has 2 aromatic rings. The largest absolute Gasteiger partial charge is 0.301 e. The van der Waals surface area contributed by atoms with Crippen molar-refractivity contribution in [3.8, 4) is 0 Å². The Morgan fingerprint density at radius 3 is 2.17 bits per heavy atom. The Balaban J connectivity index is 1.72. The SMILES string of the molecule is CN(C)C(CNS(=O)(=O)c1ccc(S(=O)(=O)N2CCCCC2)cc1)c1ccsc1. The molecule has 0 bridgehead atoms. The van der Waals surface area contributed by atoms with E-state index in [-0.39, 0.29) is 22.4 Å². The van der Waals surface area contributed by atoms with Crippen molar-refractivity contribution >= 4 is 31.4 Å². The maximum atomic E-state index is 12.7. The molecular formula is C19H27N3O4S3. The number of hydrogen-bond acceptors (Lipinski definition) is 6. The Labute approximate surface area is 177 Å². The van der Waals surface area contributed by atoms with Crippen molar-refractivity contribution in [2.24, 2.45) is 0 Å². The zero-order valence-electron chi connectivity index (χ0n) is 16.6. The zero-order chi connectivity index (χ0) is 21.1. The van der Waals surface area contributed by atoms with E-state index < -0.39 is 20.0 Å².